The zero-order chi connectivity index (χ0) is 19.2. The van der Waals surface area contributed by atoms with E-state index in [4.69, 9.17) is 9.47 Å². The van der Waals surface area contributed by atoms with Gasteiger partial charge >= 0.3 is 0 Å². The fourth-order valence-corrected chi connectivity index (χ4v) is 2.31. The molecule has 8 nitrogen and oxygen atoms in total. The highest BCUT2D eigenvalue weighted by molar-refractivity contribution is 6.04. The van der Waals surface area contributed by atoms with Gasteiger partial charge in [0.25, 0.3) is 11.6 Å². The van der Waals surface area contributed by atoms with Crippen molar-refractivity contribution in [1.29, 1.82) is 0 Å². The van der Waals surface area contributed by atoms with Crippen molar-refractivity contribution < 1.29 is 19.2 Å². The van der Waals surface area contributed by atoms with E-state index in [1.54, 1.807) is 42.6 Å². The molecule has 8 heteroatoms. The van der Waals surface area contributed by atoms with Gasteiger partial charge in [0.05, 0.1) is 30.0 Å². The number of methoxy groups -OCH3 is 1. The van der Waals surface area contributed by atoms with Crippen LogP contribution in [0.2, 0.25) is 0 Å². The Hall–Kier alpha value is -3.94. The quantitative estimate of drug-likeness (QED) is 0.522. The summed E-state index contributed by atoms with van der Waals surface area (Å²) >= 11 is 0. The number of nitrogens with zero attached hydrogens (tertiary/aromatic N) is 2. The van der Waals surface area contributed by atoms with Gasteiger partial charge in [0.2, 0.25) is 0 Å². The van der Waals surface area contributed by atoms with Crippen LogP contribution < -0.4 is 14.8 Å². The first-order valence-electron chi connectivity index (χ1n) is 7.88. The predicted molar refractivity (Wildman–Crippen MR) is 98.4 cm³/mol. The Bertz CT molecular complexity index is 959. The molecule has 3 rings (SSSR count). The number of nitro groups is 1. The van der Waals surface area contributed by atoms with Crippen LogP contribution in [0.15, 0.2) is 67.0 Å². The fourth-order valence-electron chi connectivity index (χ4n) is 2.31. The molecule has 3 aromatic rings. The van der Waals surface area contributed by atoms with Gasteiger partial charge in [-0.25, -0.2) is 0 Å². The molecule has 27 heavy (non-hydrogen) atoms. The molecule has 0 aliphatic carbocycles. The minimum Gasteiger partial charge on any atom is -0.497 e. The van der Waals surface area contributed by atoms with Crippen LogP contribution in [-0.2, 0) is 0 Å². The van der Waals surface area contributed by atoms with Crippen LogP contribution in [0.3, 0.4) is 0 Å². The number of rotatable bonds is 6. The Morgan fingerprint density at radius 1 is 1.07 bits per heavy atom. The van der Waals surface area contributed by atoms with E-state index in [1.807, 2.05) is 0 Å². The number of nitrogens with one attached hydrogen (secondary N) is 1. The van der Waals surface area contributed by atoms with E-state index in [1.165, 1.54) is 31.5 Å². The molecular formula is C19H15N3O5. The van der Waals surface area contributed by atoms with Crippen molar-refractivity contribution in [3.8, 4) is 17.2 Å². The van der Waals surface area contributed by atoms with Crippen LogP contribution in [0, 0.1) is 10.1 Å². The molecule has 0 atom stereocenters. The van der Waals surface area contributed by atoms with Gasteiger partial charge in [-0.05, 0) is 36.4 Å². The van der Waals surface area contributed by atoms with Gasteiger partial charge in [-0.15, -0.1) is 0 Å². The van der Waals surface area contributed by atoms with E-state index in [2.05, 4.69) is 10.3 Å². The first kappa shape index (κ1) is 17.9. The number of carbonyl (C=O) groups is 1. The molecule has 136 valence electrons. The van der Waals surface area contributed by atoms with Crippen molar-refractivity contribution in [3.63, 3.8) is 0 Å². The Balaban J connectivity index is 1.84. The molecule has 0 bridgehead atoms. The zero-order valence-corrected chi connectivity index (χ0v) is 14.3. The Labute approximate surface area is 154 Å². The summed E-state index contributed by atoms with van der Waals surface area (Å²) < 4.78 is 10.6. The molecule has 0 saturated heterocycles. The second-order valence-corrected chi connectivity index (χ2v) is 5.45. The van der Waals surface area contributed by atoms with Crippen molar-refractivity contribution >= 4 is 17.3 Å². The number of ether oxygens (including phenoxy) is 2. The lowest BCUT2D eigenvalue weighted by molar-refractivity contribution is -0.384. The van der Waals surface area contributed by atoms with E-state index >= 15 is 0 Å². The molecule has 0 fully saturated rings. The third-order valence-corrected chi connectivity index (χ3v) is 3.58. The number of amides is 1. The summed E-state index contributed by atoms with van der Waals surface area (Å²) in [5.74, 6) is 0.840. The number of non-ortho nitro benzene ring substituents is 1. The summed E-state index contributed by atoms with van der Waals surface area (Å²) in [6.45, 7) is 0. The van der Waals surface area contributed by atoms with E-state index in [0.717, 1.165) is 0 Å². The predicted octanol–water partition coefficient (Wildman–Crippen LogP) is 4.04. The summed E-state index contributed by atoms with van der Waals surface area (Å²) in [6.07, 6.45) is 3.06. The summed E-state index contributed by atoms with van der Waals surface area (Å²) in [5, 5.41) is 13.8. The lowest BCUT2D eigenvalue weighted by Crippen LogP contribution is -2.12. The number of benzene rings is 2. The minimum atomic E-state index is -0.556. The molecule has 0 aliphatic rings. The van der Waals surface area contributed by atoms with Crippen LogP contribution >= 0.6 is 0 Å². The number of aromatic nitrogens is 1. The molecule has 1 aromatic heterocycles. The summed E-state index contributed by atoms with van der Waals surface area (Å²) in [6, 6.07) is 13.9. The van der Waals surface area contributed by atoms with Crippen molar-refractivity contribution in [2.24, 2.45) is 0 Å². The summed E-state index contributed by atoms with van der Waals surface area (Å²) in [7, 11) is 1.53. The first-order chi connectivity index (χ1) is 13.0. The SMILES string of the molecule is COc1ccc(C(=O)Nc2cc(Oc3cccnc3)cc([N+](=O)[O-])c2)cc1. The lowest BCUT2D eigenvalue weighted by Gasteiger charge is -2.09. The van der Waals surface area contributed by atoms with Crippen molar-refractivity contribution in [2.45, 2.75) is 0 Å². The number of anilines is 1. The number of pyridine rings is 1. The normalized spacial score (nSPS) is 10.1. The Morgan fingerprint density at radius 2 is 1.85 bits per heavy atom. The zero-order valence-electron chi connectivity index (χ0n) is 14.3. The maximum Gasteiger partial charge on any atom is 0.275 e. The van der Waals surface area contributed by atoms with Gasteiger partial charge in [0.15, 0.2) is 0 Å². The monoisotopic (exact) mass is 365 g/mol. The lowest BCUT2D eigenvalue weighted by atomic mass is 10.2. The Kier molecular flexibility index (Phi) is 5.27. The number of carbonyl (C=O) groups excluding carboxylic acids is 1. The second kappa shape index (κ2) is 7.96. The van der Waals surface area contributed by atoms with E-state index in [-0.39, 0.29) is 17.1 Å². The average molecular weight is 365 g/mol. The van der Waals surface area contributed by atoms with Crippen molar-refractivity contribution in [3.05, 3.63) is 82.7 Å². The average Bonchev–Trinajstić information content (AvgIpc) is 2.68. The minimum absolute atomic E-state index is 0.207. The smallest absolute Gasteiger partial charge is 0.275 e. The summed E-state index contributed by atoms with van der Waals surface area (Å²) in [5.41, 5.74) is 0.419. The molecule has 1 N–H and O–H groups in total. The molecule has 0 saturated carbocycles. The maximum absolute atomic E-state index is 12.4. The molecule has 1 amide bonds. The maximum atomic E-state index is 12.4. The third-order valence-electron chi connectivity index (χ3n) is 3.58. The van der Waals surface area contributed by atoms with Crippen molar-refractivity contribution in [2.75, 3.05) is 12.4 Å². The van der Waals surface area contributed by atoms with Crippen LogP contribution in [0.1, 0.15) is 10.4 Å². The van der Waals surface area contributed by atoms with Crippen LogP contribution in [-0.4, -0.2) is 22.9 Å². The van der Waals surface area contributed by atoms with Gasteiger partial charge in [0.1, 0.15) is 17.2 Å². The topological polar surface area (TPSA) is 104 Å². The molecule has 0 radical (unpaired) electrons. The molecule has 2 aromatic carbocycles. The highest BCUT2D eigenvalue weighted by Gasteiger charge is 2.14. The summed E-state index contributed by atoms with van der Waals surface area (Å²) in [4.78, 5) is 27.0. The fraction of sp³-hybridized carbons (Fsp3) is 0.0526. The van der Waals surface area contributed by atoms with Gasteiger partial charge in [0, 0.05) is 23.9 Å². The highest BCUT2D eigenvalue weighted by Crippen LogP contribution is 2.29. The number of hydrogen-bond acceptors (Lipinski definition) is 6. The van der Waals surface area contributed by atoms with Gasteiger partial charge in [-0.2, -0.15) is 0 Å². The van der Waals surface area contributed by atoms with Gasteiger partial charge in [-0.1, -0.05) is 0 Å². The largest absolute Gasteiger partial charge is 0.497 e. The third kappa shape index (κ3) is 4.57. The molecule has 0 aliphatic heterocycles. The molecule has 0 spiro atoms. The van der Waals surface area contributed by atoms with Crippen LogP contribution in [0.5, 0.6) is 17.2 Å². The first-order valence-corrected chi connectivity index (χ1v) is 7.88. The standard InChI is InChI=1S/C19H15N3O5/c1-26-16-6-4-13(5-7-16)19(23)21-14-9-15(22(24)25)11-18(10-14)27-17-3-2-8-20-12-17/h2-12H,1H3,(H,21,23). The Morgan fingerprint density at radius 3 is 2.48 bits per heavy atom. The van der Waals surface area contributed by atoms with E-state index in [9.17, 15) is 14.9 Å². The highest BCUT2D eigenvalue weighted by atomic mass is 16.6. The van der Waals surface area contributed by atoms with Gasteiger partial charge in [-0.3, -0.25) is 19.9 Å². The number of hydrogen-bond donors (Lipinski definition) is 1. The van der Waals surface area contributed by atoms with E-state index in [0.29, 0.717) is 17.1 Å². The van der Waals surface area contributed by atoms with Crippen molar-refractivity contribution in [1.82, 2.24) is 4.98 Å². The van der Waals surface area contributed by atoms with Gasteiger partial charge < -0.3 is 14.8 Å². The van der Waals surface area contributed by atoms with Crippen LogP contribution in [0.4, 0.5) is 11.4 Å². The second-order valence-electron chi connectivity index (χ2n) is 5.45. The number of nitro benzene ring substituents is 1. The molecular weight excluding hydrogens is 350 g/mol. The molecule has 1 heterocycles. The van der Waals surface area contributed by atoms with E-state index < -0.39 is 10.8 Å². The molecule has 0 unspecified atom stereocenters. The van der Waals surface area contributed by atoms with Crippen LogP contribution in [0.25, 0.3) is 0 Å².